The van der Waals surface area contributed by atoms with Gasteiger partial charge in [0.15, 0.2) is 0 Å². The summed E-state index contributed by atoms with van der Waals surface area (Å²) in [7, 11) is -0.327. The molecule has 4 N–H and O–H groups in total. The van der Waals surface area contributed by atoms with Gasteiger partial charge in [-0.15, -0.1) is 0 Å². The zero-order valence-electron chi connectivity index (χ0n) is 16.2. The lowest BCUT2D eigenvalue weighted by Gasteiger charge is -2.22. The molecule has 0 saturated heterocycles. The van der Waals surface area contributed by atoms with Crippen molar-refractivity contribution in [1.29, 1.82) is 0 Å². The number of nitrogens with one attached hydrogen (secondary N) is 2. The van der Waals surface area contributed by atoms with Crippen LogP contribution in [-0.2, 0) is 16.0 Å². The number of benzene rings is 1. The van der Waals surface area contributed by atoms with Crippen LogP contribution < -0.4 is 10.6 Å². The number of carbonyl (C=O) groups excluding carboxylic acids is 2. The highest BCUT2D eigenvalue weighted by Gasteiger charge is 2.29. The van der Waals surface area contributed by atoms with Gasteiger partial charge in [0.1, 0.15) is 12.4 Å². The second-order valence-electron chi connectivity index (χ2n) is 6.52. The maximum absolute atomic E-state index is 12.6. The van der Waals surface area contributed by atoms with Gasteiger partial charge >= 0.3 is 7.12 Å². The summed E-state index contributed by atoms with van der Waals surface area (Å²) < 4.78 is 5.01. The summed E-state index contributed by atoms with van der Waals surface area (Å²) in [4.78, 5) is 32.4. The van der Waals surface area contributed by atoms with Crippen molar-refractivity contribution in [2.45, 2.75) is 31.2 Å². The summed E-state index contributed by atoms with van der Waals surface area (Å²) >= 11 is 0. The predicted molar refractivity (Wildman–Crippen MR) is 107 cm³/mol. The predicted octanol–water partition coefficient (Wildman–Crippen LogP) is -0.259. The molecule has 1 aromatic heterocycles. The van der Waals surface area contributed by atoms with Crippen molar-refractivity contribution in [2.75, 3.05) is 13.7 Å². The topological polar surface area (TPSA) is 134 Å². The summed E-state index contributed by atoms with van der Waals surface area (Å²) in [5.74, 6) is -1.98. The van der Waals surface area contributed by atoms with Gasteiger partial charge in [-0.25, -0.2) is 9.97 Å². The Balaban J connectivity index is 1.92. The van der Waals surface area contributed by atoms with Gasteiger partial charge in [-0.05, 0) is 24.8 Å². The number of methoxy groups -OCH3 is 1. The molecule has 0 aliphatic rings. The molecule has 0 radical (unpaired) electrons. The van der Waals surface area contributed by atoms with Crippen LogP contribution in [0.2, 0.25) is 0 Å². The molecule has 0 spiro atoms. The Kier molecular flexibility index (Phi) is 9.22. The minimum atomic E-state index is -1.73. The SMILES string of the molecule is COC[C@@H](NC(=O)c1cncnc1)C(=O)N[C@@H](CCCc1ccccc1)B(O)O. The molecule has 2 aromatic rings. The van der Waals surface area contributed by atoms with E-state index in [1.807, 2.05) is 30.3 Å². The number of ether oxygens (including phenoxy) is 1. The third kappa shape index (κ3) is 7.61. The highest BCUT2D eigenvalue weighted by molar-refractivity contribution is 6.43. The summed E-state index contributed by atoms with van der Waals surface area (Å²) in [6, 6.07) is 8.76. The van der Waals surface area contributed by atoms with E-state index in [1.54, 1.807) is 0 Å². The largest absolute Gasteiger partial charge is 0.475 e. The maximum Gasteiger partial charge on any atom is 0.475 e. The van der Waals surface area contributed by atoms with Crippen LogP contribution in [0.1, 0.15) is 28.8 Å². The second-order valence-corrected chi connectivity index (χ2v) is 6.52. The van der Waals surface area contributed by atoms with Crippen molar-refractivity contribution in [3.8, 4) is 0 Å². The summed E-state index contributed by atoms with van der Waals surface area (Å²) in [5.41, 5.74) is 1.32. The van der Waals surface area contributed by atoms with Crippen LogP contribution in [0.3, 0.4) is 0 Å². The molecule has 29 heavy (non-hydrogen) atoms. The fraction of sp³-hybridized carbons (Fsp3) is 0.368. The first-order valence-corrected chi connectivity index (χ1v) is 9.26. The van der Waals surface area contributed by atoms with Gasteiger partial charge in [0.2, 0.25) is 5.91 Å². The Morgan fingerprint density at radius 3 is 2.45 bits per heavy atom. The Bertz CT molecular complexity index is 764. The van der Waals surface area contributed by atoms with Crippen LogP contribution in [0.5, 0.6) is 0 Å². The first-order valence-electron chi connectivity index (χ1n) is 9.26. The Morgan fingerprint density at radius 1 is 1.14 bits per heavy atom. The van der Waals surface area contributed by atoms with Gasteiger partial charge in [0, 0.05) is 19.5 Å². The van der Waals surface area contributed by atoms with Crippen molar-refractivity contribution in [3.63, 3.8) is 0 Å². The normalized spacial score (nSPS) is 12.7. The monoisotopic (exact) mass is 400 g/mol. The smallest absolute Gasteiger partial charge is 0.426 e. The number of hydrogen-bond acceptors (Lipinski definition) is 7. The standard InChI is InChI=1S/C19H25BN4O5/c1-29-12-16(23-18(25)15-10-21-13-22-11-15)19(26)24-17(20(27)28)9-5-8-14-6-3-2-4-7-14/h2-4,6-7,10-11,13,16-17,27-28H,5,8-9,12H2,1H3,(H,23,25)(H,24,26)/t16-,17+/m1/s1. The number of carbonyl (C=O) groups is 2. The van der Waals surface area contributed by atoms with Gasteiger partial charge in [0.25, 0.3) is 5.91 Å². The molecule has 1 aromatic carbocycles. The molecule has 10 heteroatoms. The molecular formula is C19H25BN4O5. The number of hydrogen-bond donors (Lipinski definition) is 4. The number of aromatic nitrogens is 2. The summed E-state index contributed by atoms with van der Waals surface area (Å²) in [6.45, 7) is -0.0798. The molecule has 0 unspecified atom stereocenters. The van der Waals surface area contributed by atoms with E-state index in [4.69, 9.17) is 4.74 Å². The lowest BCUT2D eigenvalue weighted by Crippen LogP contribution is -2.55. The van der Waals surface area contributed by atoms with Gasteiger partial charge in [0.05, 0.1) is 18.1 Å². The maximum atomic E-state index is 12.6. The van der Waals surface area contributed by atoms with Crippen LogP contribution in [-0.4, -0.2) is 64.6 Å². The van der Waals surface area contributed by atoms with Crippen LogP contribution in [0.15, 0.2) is 49.1 Å². The van der Waals surface area contributed by atoms with E-state index in [9.17, 15) is 19.6 Å². The minimum Gasteiger partial charge on any atom is -0.426 e. The van der Waals surface area contributed by atoms with Crippen LogP contribution in [0.4, 0.5) is 0 Å². The van der Waals surface area contributed by atoms with Crippen molar-refractivity contribution in [1.82, 2.24) is 20.6 Å². The fourth-order valence-corrected chi connectivity index (χ4v) is 2.76. The molecule has 0 aliphatic heterocycles. The molecule has 0 fully saturated rings. The van der Waals surface area contributed by atoms with E-state index < -0.39 is 30.9 Å². The Labute approximate surface area is 169 Å². The summed E-state index contributed by atoms with van der Waals surface area (Å²) in [5, 5.41) is 24.4. The average molecular weight is 400 g/mol. The van der Waals surface area contributed by atoms with Crippen LogP contribution in [0, 0.1) is 0 Å². The van der Waals surface area contributed by atoms with Crippen molar-refractivity contribution >= 4 is 18.9 Å². The molecule has 154 valence electrons. The molecule has 0 aliphatic carbocycles. The third-order valence-electron chi connectivity index (χ3n) is 4.29. The van der Waals surface area contributed by atoms with Gasteiger partial charge in [-0.1, -0.05) is 30.3 Å². The highest BCUT2D eigenvalue weighted by Crippen LogP contribution is 2.08. The van der Waals surface area contributed by atoms with E-state index in [2.05, 4.69) is 20.6 Å². The van der Waals surface area contributed by atoms with Crippen molar-refractivity contribution in [2.24, 2.45) is 0 Å². The fourth-order valence-electron chi connectivity index (χ4n) is 2.76. The van der Waals surface area contributed by atoms with E-state index in [0.29, 0.717) is 12.8 Å². The van der Waals surface area contributed by atoms with Gasteiger partial charge in [-0.3, -0.25) is 9.59 Å². The lowest BCUT2D eigenvalue weighted by molar-refractivity contribution is -0.124. The van der Waals surface area contributed by atoms with E-state index >= 15 is 0 Å². The lowest BCUT2D eigenvalue weighted by atomic mass is 9.76. The molecule has 0 saturated carbocycles. The second kappa shape index (κ2) is 11.9. The van der Waals surface area contributed by atoms with E-state index in [-0.39, 0.29) is 12.2 Å². The van der Waals surface area contributed by atoms with E-state index in [1.165, 1.54) is 25.8 Å². The molecule has 2 amide bonds. The van der Waals surface area contributed by atoms with Crippen molar-refractivity contribution < 1.29 is 24.4 Å². The molecule has 2 atom stereocenters. The number of rotatable bonds is 11. The number of nitrogens with zero attached hydrogens (tertiary/aromatic N) is 2. The molecular weight excluding hydrogens is 375 g/mol. The number of amides is 2. The first kappa shape index (κ1) is 22.5. The first-order chi connectivity index (χ1) is 14.0. The minimum absolute atomic E-state index is 0.0798. The van der Waals surface area contributed by atoms with Crippen LogP contribution >= 0.6 is 0 Å². The molecule has 9 nitrogen and oxygen atoms in total. The zero-order valence-corrected chi connectivity index (χ0v) is 16.2. The van der Waals surface area contributed by atoms with Gasteiger partial charge in [-0.2, -0.15) is 0 Å². The number of aryl methyl sites for hydroxylation is 1. The highest BCUT2D eigenvalue weighted by atomic mass is 16.5. The Morgan fingerprint density at radius 2 is 1.83 bits per heavy atom. The zero-order chi connectivity index (χ0) is 21.1. The molecule has 1 heterocycles. The third-order valence-corrected chi connectivity index (χ3v) is 4.29. The van der Waals surface area contributed by atoms with Gasteiger partial charge < -0.3 is 25.4 Å². The van der Waals surface area contributed by atoms with E-state index in [0.717, 1.165) is 12.0 Å². The summed E-state index contributed by atoms with van der Waals surface area (Å²) in [6.07, 6.45) is 5.70. The quantitative estimate of drug-likeness (QED) is 0.382. The Hall–Kier alpha value is -2.82. The average Bonchev–Trinajstić information content (AvgIpc) is 2.73. The molecule has 0 bridgehead atoms. The van der Waals surface area contributed by atoms with Crippen LogP contribution in [0.25, 0.3) is 0 Å². The molecule has 2 rings (SSSR count). The van der Waals surface area contributed by atoms with Crippen molar-refractivity contribution in [3.05, 3.63) is 60.2 Å².